The number of carbonyl (C=O) groups excluding carboxylic acids is 1. The van der Waals surface area contributed by atoms with Gasteiger partial charge >= 0.3 is 5.97 Å². The van der Waals surface area contributed by atoms with E-state index in [-0.39, 0.29) is 15.5 Å². The zero-order chi connectivity index (χ0) is 16.4. The highest BCUT2D eigenvalue weighted by molar-refractivity contribution is 7.91. The number of esters is 1. The second-order valence-electron chi connectivity index (χ2n) is 5.35. The van der Waals surface area contributed by atoms with Crippen molar-refractivity contribution in [3.8, 4) is 0 Å². The van der Waals surface area contributed by atoms with Crippen LogP contribution in [0.25, 0.3) is 0 Å². The molecule has 0 aliphatic heterocycles. The lowest BCUT2D eigenvalue weighted by Crippen LogP contribution is -2.20. The molecule has 2 N–H and O–H groups in total. The highest BCUT2D eigenvalue weighted by Crippen LogP contribution is 2.41. The van der Waals surface area contributed by atoms with E-state index < -0.39 is 15.8 Å². The summed E-state index contributed by atoms with van der Waals surface area (Å²) >= 11 is 1.05. The van der Waals surface area contributed by atoms with Crippen LogP contribution in [0, 0.1) is 5.92 Å². The standard InChI is InChI=1S/C13H22N2O4S2/c1-8(2)6-7-15(3)12-11(21(5,17)18)9(14)10(20-12)13(16)19-4/h8H,6-7,14H2,1-5H3. The average Bonchev–Trinajstić information content (AvgIpc) is 2.72. The van der Waals surface area contributed by atoms with Gasteiger partial charge in [0.1, 0.15) is 14.8 Å². The minimum absolute atomic E-state index is 0.0131. The summed E-state index contributed by atoms with van der Waals surface area (Å²) in [5, 5.41) is 0.482. The number of hydrogen-bond acceptors (Lipinski definition) is 7. The topological polar surface area (TPSA) is 89.7 Å². The van der Waals surface area contributed by atoms with E-state index in [1.54, 1.807) is 7.05 Å². The Bertz CT molecular complexity index is 620. The smallest absolute Gasteiger partial charge is 0.350 e. The summed E-state index contributed by atoms with van der Waals surface area (Å²) in [7, 11) is -0.498. The van der Waals surface area contributed by atoms with Crippen molar-refractivity contribution >= 4 is 37.8 Å². The molecule has 1 aromatic rings. The Kier molecular flexibility index (Phi) is 5.63. The molecule has 0 spiro atoms. The summed E-state index contributed by atoms with van der Waals surface area (Å²) in [4.78, 5) is 13.7. The molecular weight excluding hydrogens is 312 g/mol. The molecule has 0 saturated carbocycles. The highest BCUT2D eigenvalue weighted by atomic mass is 32.2. The number of nitrogens with zero attached hydrogens (tertiary/aromatic N) is 1. The third kappa shape index (κ3) is 4.10. The molecule has 1 heterocycles. The van der Waals surface area contributed by atoms with Crippen LogP contribution in [0.15, 0.2) is 4.90 Å². The predicted molar refractivity (Wildman–Crippen MR) is 85.9 cm³/mol. The van der Waals surface area contributed by atoms with Gasteiger partial charge in [-0.2, -0.15) is 0 Å². The molecule has 0 radical (unpaired) electrons. The molecule has 120 valence electrons. The molecule has 21 heavy (non-hydrogen) atoms. The van der Waals surface area contributed by atoms with Crippen LogP contribution in [-0.4, -0.2) is 41.3 Å². The van der Waals surface area contributed by atoms with Gasteiger partial charge in [0.2, 0.25) is 0 Å². The molecule has 0 bridgehead atoms. The number of hydrogen-bond donors (Lipinski definition) is 1. The van der Waals surface area contributed by atoms with Crippen LogP contribution >= 0.6 is 11.3 Å². The van der Waals surface area contributed by atoms with Crippen LogP contribution in [0.3, 0.4) is 0 Å². The van der Waals surface area contributed by atoms with Gasteiger partial charge in [-0.1, -0.05) is 13.8 Å². The van der Waals surface area contributed by atoms with Gasteiger partial charge in [0, 0.05) is 19.8 Å². The summed E-state index contributed by atoms with van der Waals surface area (Å²) in [5.74, 6) is -0.127. The molecule has 6 nitrogen and oxygen atoms in total. The monoisotopic (exact) mass is 334 g/mol. The number of carbonyl (C=O) groups is 1. The normalized spacial score (nSPS) is 11.7. The first-order valence-electron chi connectivity index (χ1n) is 6.51. The number of thiophene rings is 1. The summed E-state index contributed by atoms with van der Waals surface area (Å²) in [5.41, 5.74) is 5.84. The maximum Gasteiger partial charge on any atom is 0.350 e. The van der Waals surface area contributed by atoms with Gasteiger partial charge in [0.25, 0.3) is 0 Å². The van der Waals surface area contributed by atoms with Crippen molar-refractivity contribution < 1.29 is 17.9 Å². The minimum atomic E-state index is -3.53. The van der Waals surface area contributed by atoms with Crippen molar-refractivity contribution in [2.24, 2.45) is 5.92 Å². The number of nitrogens with two attached hydrogens (primary N) is 1. The molecule has 0 amide bonds. The zero-order valence-electron chi connectivity index (χ0n) is 13.0. The molecule has 0 saturated heterocycles. The predicted octanol–water partition coefficient (Wildman–Crippen LogP) is 2.00. The fourth-order valence-corrected chi connectivity index (χ4v) is 4.46. The van der Waals surface area contributed by atoms with Gasteiger partial charge in [-0.25, -0.2) is 13.2 Å². The van der Waals surface area contributed by atoms with Gasteiger partial charge in [-0.3, -0.25) is 0 Å². The summed E-state index contributed by atoms with van der Waals surface area (Å²) in [6, 6.07) is 0. The first-order valence-corrected chi connectivity index (χ1v) is 9.22. The molecule has 0 unspecified atom stereocenters. The Morgan fingerprint density at radius 3 is 2.43 bits per heavy atom. The number of methoxy groups -OCH3 is 1. The summed E-state index contributed by atoms with van der Waals surface area (Å²) in [6.45, 7) is 4.86. The Labute approximate surface area is 129 Å². The van der Waals surface area contributed by atoms with E-state index in [2.05, 4.69) is 18.6 Å². The molecule has 0 aliphatic rings. The van der Waals surface area contributed by atoms with Crippen molar-refractivity contribution in [1.29, 1.82) is 0 Å². The minimum Gasteiger partial charge on any atom is -0.465 e. The number of anilines is 2. The fourth-order valence-electron chi connectivity index (χ4n) is 1.82. The lowest BCUT2D eigenvalue weighted by Gasteiger charge is -2.19. The van der Waals surface area contributed by atoms with Crippen LogP contribution in [-0.2, 0) is 14.6 Å². The van der Waals surface area contributed by atoms with Crippen molar-refractivity contribution in [3.05, 3.63) is 4.88 Å². The fraction of sp³-hybridized carbons (Fsp3) is 0.615. The van der Waals surface area contributed by atoms with Crippen molar-refractivity contribution in [2.75, 3.05) is 37.6 Å². The zero-order valence-corrected chi connectivity index (χ0v) is 14.6. The Morgan fingerprint density at radius 1 is 1.43 bits per heavy atom. The molecule has 8 heteroatoms. The number of sulfone groups is 1. The van der Waals surface area contributed by atoms with Crippen molar-refractivity contribution in [2.45, 2.75) is 25.2 Å². The third-order valence-electron chi connectivity index (χ3n) is 3.01. The second-order valence-corrected chi connectivity index (χ2v) is 8.30. The molecule has 0 fully saturated rings. The quantitative estimate of drug-likeness (QED) is 0.800. The second kappa shape index (κ2) is 6.65. The van der Waals surface area contributed by atoms with Gasteiger partial charge in [-0.05, 0) is 12.3 Å². The van der Waals surface area contributed by atoms with Gasteiger partial charge in [0.15, 0.2) is 9.84 Å². The van der Waals surface area contributed by atoms with Crippen molar-refractivity contribution in [1.82, 2.24) is 0 Å². The van der Waals surface area contributed by atoms with Gasteiger partial charge in [0.05, 0.1) is 12.8 Å². The largest absolute Gasteiger partial charge is 0.465 e. The maximum absolute atomic E-state index is 12.0. The number of nitrogen functional groups attached to an aromatic ring is 1. The van der Waals surface area contributed by atoms with Crippen LogP contribution < -0.4 is 10.6 Å². The number of ether oxygens (including phenoxy) is 1. The van der Waals surface area contributed by atoms with E-state index >= 15 is 0 Å². The highest BCUT2D eigenvalue weighted by Gasteiger charge is 2.29. The van der Waals surface area contributed by atoms with E-state index in [1.807, 2.05) is 4.90 Å². The lowest BCUT2D eigenvalue weighted by molar-refractivity contribution is 0.0607. The van der Waals surface area contributed by atoms with Gasteiger partial charge in [-0.15, -0.1) is 11.3 Å². The first-order chi connectivity index (χ1) is 9.59. The molecule has 0 aliphatic carbocycles. The maximum atomic E-state index is 12.0. The van der Waals surface area contributed by atoms with Crippen LogP contribution in [0.2, 0.25) is 0 Å². The summed E-state index contributed by atoms with van der Waals surface area (Å²) < 4.78 is 28.6. The third-order valence-corrected chi connectivity index (χ3v) is 5.60. The average molecular weight is 334 g/mol. The first kappa shape index (κ1) is 17.8. The Morgan fingerprint density at radius 2 is 2.00 bits per heavy atom. The van der Waals surface area contributed by atoms with Crippen LogP contribution in [0.5, 0.6) is 0 Å². The van der Waals surface area contributed by atoms with E-state index in [4.69, 9.17) is 5.73 Å². The van der Waals surface area contributed by atoms with Crippen LogP contribution in [0.4, 0.5) is 10.7 Å². The number of rotatable bonds is 6. The Hall–Kier alpha value is -1.28. The SMILES string of the molecule is COC(=O)c1sc(N(C)CCC(C)C)c(S(C)(=O)=O)c1N. The summed E-state index contributed by atoms with van der Waals surface area (Å²) in [6.07, 6.45) is 2.00. The lowest BCUT2D eigenvalue weighted by atomic mass is 10.1. The van der Waals surface area contributed by atoms with E-state index in [0.717, 1.165) is 24.0 Å². The Balaban J connectivity index is 3.33. The molecule has 1 rings (SSSR count). The van der Waals surface area contributed by atoms with E-state index in [1.165, 1.54) is 7.11 Å². The van der Waals surface area contributed by atoms with E-state index in [0.29, 0.717) is 17.5 Å². The van der Waals surface area contributed by atoms with Crippen molar-refractivity contribution in [3.63, 3.8) is 0 Å². The molecule has 1 aromatic heterocycles. The molecule has 0 atom stereocenters. The van der Waals surface area contributed by atoms with Gasteiger partial charge < -0.3 is 15.4 Å². The molecular formula is C13H22N2O4S2. The molecule has 0 aromatic carbocycles. The van der Waals surface area contributed by atoms with Crippen LogP contribution in [0.1, 0.15) is 29.9 Å². The van der Waals surface area contributed by atoms with E-state index in [9.17, 15) is 13.2 Å².